The van der Waals surface area contributed by atoms with Crippen LogP contribution in [0.1, 0.15) is 41.5 Å². The van der Waals surface area contributed by atoms with E-state index in [4.69, 9.17) is 4.74 Å². The van der Waals surface area contributed by atoms with Gasteiger partial charge in [0.05, 0.1) is 7.11 Å². The number of methoxy groups -OCH3 is 1. The van der Waals surface area contributed by atoms with E-state index in [9.17, 15) is 0 Å². The van der Waals surface area contributed by atoms with Crippen LogP contribution < -0.4 is 4.74 Å². The molecule has 3 aromatic carbocycles. The Hall–Kier alpha value is -3.06. The maximum absolute atomic E-state index is 5.25. The molecule has 138 valence electrons. The topological polar surface area (TPSA) is 9.23 Å². The normalized spacial score (nSPS) is 19.8. The molecule has 1 atom stereocenters. The van der Waals surface area contributed by atoms with Gasteiger partial charge in [-0.3, -0.25) is 0 Å². The van der Waals surface area contributed by atoms with Crippen LogP contribution >= 0.6 is 0 Å². The lowest BCUT2D eigenvalue weighted by Gasteiger charge is -2.31. The molecule has 2 aliphatic rings. The summed E-state index contributed by atoms with van der Waals surface area (Å²) < 4.78 is 5.25. The highest BCUT2D eigenvalue weighted by atomic mass is 16.5. The van der Waals surface area contributed by atoms with Gasteiger partial charge < -0.3 is 4.74 Å². The number of fused-ring (bicyclic) bond motifs is 5. The van der Waals surface area contributed by atoms with Crippen LogP contribution in [0.15, 0.2) is 78.9 Å². The first-order chi connectivity index (χ1) is 13.8. The number of allylic oxidation sites excluding steroid dienone is 2. The largest absolute Gasteiger partial charge is 0.497 e. The molecule has 28 heavy (non-hydrogen) atoms. The van der Waals surface area contributed by atoms with Crippen LogP contribution in [0.5, 0.6) is 5.75 Å². The Morgan fingerprint density at radius 3 is 2.36 bits per heavy atom. The maximum Gasteiger partial charge on any atom is 0.118 e. The van der Waals surface area contributed by atoms with Gasteiger partial charge in [0, 0.05) is 5.41 Å². The maximum atomic E-state index is 5.25. The summed E-state index contributed by atoms with van der Waals surface area (Å²) >= 11 is 0. The molecule has 1 heteroatoms. The lowest BCUT2D eigenvalue weighted by Crippen LogP contribution is -2.24. The molecule has 0 fully saturated rings. The molecule has 0 saturated carbocycles. The number of rotatable bonds is 3. The molecule has 1 unspecified atom stereocenters. The molecule has 0 heterocycles. The van der Waals surface area contributed by atoms with Crippen molar-refractivity contribution in [2.45, 2.75) is 24.7 Å². The van der Waals surface area contributed by atoms with Gasteiger partial charge in [0.15, 0.2) is 0 Å². The van der Waals surface area contributed by atoms with Gasteiger partial charge in [-0.05, 0) is 70.8 Å². The number of ether oxygens (including phenoxy) is 1. The Morgan fingerprint density at radius 2 is 1.57 bits per heavy atom. The third-order valence-electron chi connectivity index (χ3n) is 6.15. The van der Waals surface area contributed by atoms with E-state index < -0.39 is 0 Å². The predicted octanol–water partition coefficient (Wildman–Crippen LogP) is 6.87. The summed E-state index contributed by atoms with van der Waals surface area (Å²) in [5, 5.41) is 0. The highest BCUT2D eigenvalue weighted by molar-refractivity contribution is 5.84. The quantitative estimate of drug-likeness (QED) is 0.364. The second-order valence-corrected chi connectivity index (χ2v) is 7.72. The average molecular weight is 364 g/mol. The molecule has 0 N–H and O–H groups in total. The number of benzene rings is 3. The second kappa shape index (κ2) is 6.83. The lowest BCUT2D eigenvalue weighted by atomic mass is 9.71. The van der Waals surface area contributed by atoms with Crippen molar-refractivity contribution in [3.63, 3.8) is 0 Å². The molecule has 0 amide bonds. The smallest absolute Gasteiger partial charge is 0.118 e. The van der Waals surface area contributed by atoms with Crippen LogP contribution in [0.25, 0.3) is 23.3 Å². The molecule has 0 radical (unpaired) electrons. The molecule has 0 aliphatic heterocycles. The van der Waals surface area contributed by atoms with Gasteiger partial charge in [-0.15, -0.1) is 0 Å². The lowest BCUT2D eigenvalue weighted by molar-refractivity contribution is 0.415. The van der Waals surface area contributed by atoms with Crippen molar-refractivity contribution in [1.82, 2.24) is 0 Å². The number of hydrogen-bond donors (Lipinski definition) is 0. The van der Waals surface area contributed by atoms with Gasteiger partial charge >= 0.3 is 0 Å². The van der Waals surface area contributed by atoms with E-state index in [0.717, 1.165) is 5.75 Å². The van der Waals surface area contributed by atoms with Crippen molar-refractivity contribution in [2.75, 3.05) is 7.11 Å². The van der Waals surface area contributed by atoms with Crippen LogP contribution in [0.4, 0.5) is 0 Å². The zero-order chi connectivity index (χ0) is 19.0. The summed E-state index contributed by atoms with van der Waals surface area (Å²) in [6, 6.07) is 24.0. The van der Waals surface area contributed by atoms with Gasteiger partial charge in [-0.1, -0.05) is 72.8 Å². The standard InChI is InChI=1S/C27H24O/c1-28-22-14-11-20(12-15-22)9-10-21-13-16-24-23-7-3-4-8-25(23)27(26(24)19-21)17-5-2-6-18-27/h3-5,7-17,19H,2,6,18H2,1H3/b10-9+. The van der Waals surface area contributed by atoms with Crippen LogP contribution in [-0.4, -0.2) is 7.11 Å². The molecule has 1 nitrogen and oxygen atoms in total. The van der Waals surface area contributed by atoms with Crippen molar-refractivity contribution in [3.8, 4) is 16.9 Å². The van der Waals surface area contributed by atoms with E-state index >= 15 is 0 Å². The molecular weight excluding hydrogens is 340 g/mol. The summed E-state index contributed by atoms with van der Waals surface area (Å²) in [5.41, 5.74) is 8.20. The van der Waals surface area contributed by atoms with Crippen molar-refractivity contribution in [2.24, 2.45) is 0 Å². The third-order valence-corrected chi connectivity index (χ3v) is 6.15. The second-order valence-electron chi connectivity index (χ2n) is 7.72. The molecule has 0 aromatic heterocycles. The van der Waals surface area contributed by atoms with E-state index in [0.29, 0.717) is 0 Å². The molecule has 0 bridgehead atoms. The minimum atomic E-state index is 0.0497. The van der Waals surface area contributed by atoms with E-state index in [1.807, 2.05) is 12.1 Å². The Balaban J connectivity index is 1.55. The predicted molar refractivity (Wildman–Crippen MR) is 118 cm³/mol. The van der Waals surface area contributed by atoms with E-state index in [-0.39, 0.29) is 5.41 Å². The van der Waals surface area contributed by atoms with E-state index in [1.54, 1.807) is 7.11 Å². The zero-order valence-electron chi connectivity index (χ0n) is 16.2. The monoisotopic (exact) mass is 364 g/mol. The summed E-state index contributed by atoms with van der Waals surface area (Å²) in [5.74, 6) is 0.887. The molecule has 1 spiro atoms. The van der Waals surface area contributed by atoms with Crippen LogP contribution in [0, 0.1) is 0 Å². The van der Waals surface area contributed by atoms with Gasteiger partial charge in [0.2, 0.25) is 0 Å². The van der Waals surface area contributed by atoms with Gasteiger partial charge in [-0.25, -0.2) is 0 Å². The third kappa shape index (κ3) is 2.70. The number of hydrogen-bond acceptors (Lipinski definition) is 1. The van der Waals surface area contributed by atoms with Crippen LogP contribution in [0.3, 0.4) is 0 Å². The molecule has 3 aromatic rings. The highest BCUT2D eigenvalue weighted by Gasteiger charge is 2.41. The van der Waals surface area contributed by atoms with E-state index in [1.165, 1.54) is 52.6 Å². The Labute approximate surface area is 167 Å². The summed E-state index contributed by atoms with van der Waals surface area (Å²) in [6.07, 6.45) is 12.8. The fourth-order valence-electron chi connectivity index (χ4n) is 4.74. The van der Waals surface area contributed by atoms with Crippen molar-refractivity contribution in [3.05, 3.63) is 101 Å². The minimum absolute atomic E-state index is 0.0497. The summed E-state index contributed by atoms with van der Waals surface area (Å²) in [7, 11) is 1.70. The van der Waals surface area contributed by atoms with Crippen molar-refractivity contribution >= 4 is 12.2 Å². The van der Waals surface area contributed by atoms with Gasteiger partial charge in [-0.2, -0.15) is 0 Å². The molecule has 0 saturated heterocycles. The van der Waals surface area contributed by atoms with Gasteiger partial charge in [0.25, 0.3) is 0 Å². The summed E-state index contributed by atoms with van der Waals surface area (Å²) in [4.78, 5) is 0. The fraction of sp³-hybridized carbons (Fsp3) is 0.185. The average Bonchev–Trinajstić information content (AvgIpc) is 3.03. The first-order valence-electron chi connectivity index (χ1n) is 10.0. The minimum Gasteiger partial charge on any atom is -0.497 e. The highest BCUT2D eigenvalue weighted by Crippen LogP contribution is 2.53. The van der Waals surface area contributed by atoms with Crippen molar-refractivity contribution in [1.29, 1.82) is 0 Å². The summed E-state index contributed by atoms with van der Waals surface area (Å²) in [6.45, 7) is 0. The molecule has 5 rings (SSSR count). The molecule has 2 aliphatic carbocycles. The Bertz CT molecular complexity index is 1070. The first-order valence-corrected chi connectivity index (χ1v) is 10.0. The Kier molecular flexibility index (Phi) is 4.16. The van der Waals surface area contributed by atoms with E-state index in [2.05, 4.69) is 78.9 Å². The SMILES string of the molecule is COc1ccc(/C=C/c2ccc3c(c2)C2(C=CCCC2)c2ccccc2-3)cc1. The van der Waals surface area contributed by atoms with Crippen molar-refractivity contribution < 1.29 is 4.74 Å². The van der Waals surface area contributed by atoms with Gasteiger partial charge in [0.1, 0.15) is 5.75 Å². The Morgan fingerprint density at radius 1 is 0.821 bits per heavy atom. The zero-order valence-corrected chi connectivity index (χ0v) is 16.2. The molecular formula is C27H24O. The first kappa shape index (κ1) is 17.1. The fourth-order valence-corrected chi connectivity index (χ4v) is 4.74. The van der Waals surface area contributed by atoms with Crippen LogP contribution in [-0.2, 0) is 5.41 Å². The van der Waals surface area contributed by atoms with Crippen LogP contribution in [0.2, 0.25) is 0 Å².